The zero-order chi connectivity index (χ0) is 15.0. The first kappa shape index (κ1) is 13.3. The van der Waals surface area contributed by atoms with Gasteiger partial charge in [-0.25, -0.2) is 9.48 Å². The third-order valence-corrected chi connectivity index (χ3v) is 4.32. The Bertz CT molecular complexity index is 869. The Morgan fingerprint density at radius 2 is 2.14 bits per heavy atom. The molecule has 0 atom stereocenters. The molecule has 2 aromatic heterocycles. The summed E-state index contributed by atoms with van der Waals surface area (Å²) in [5.74, 6) is -0.926. The number of hydrogen-bond donors (Lipinski definition) is 1. The number of thiophene rings is 1. The smallest absolute Gasteiger partial charge is 0.345 e. The van der Waals surface area contributed by atoms with E-state index in [2.05, 4.69) is 11.2 Å². The summed E-state index contributed by atoms with van der Waals surface area (Å²) < 4.78 is 1.74. The number of aromatic carboxylic acids is 1. The van der Waals surface area contributed by atoms with E-state index in [0.29, 0.717) is 10.4 Å². The van der Waals surface area contributed by atoms with Crippen LogP contribution < -0.4 is 0 Å². The lowest BCUT2D eigenvalue weighted by atomic mass is 10.2. The lowest BCUT2D eigenvalue weighted by Crippen LogP contribution is -1.97. The van der Waals surface area contributed by atoms with Gasteiger partial charge >= 0.3 is 5.97 Å². The van der Waals surface area contributed by atoms with E-state index in [1.54, 1.807) is 22.9 Å². The maximum atomic E-state index is 11.1. The summed E-state index contributed by atoms with van der Waals surface area (Å²) in [6.07, 6.45) is 0.732. The third-order valence-electron chi connectivity index (χ3n) is 3.22. The highest BCUT2D eigenvalue weighted by atomic mass is 32.1. The molecule has 21 heavy (non-hydrogen) atoms. The van der Waals surface area contributed by atoms with Gasteiger partial charge in [-0.05, 0) is 36.8 Å². The Labute approximate surface area is 124 Å². The molecule has 0 saturated heterocycles. The highest BCUT2D eigenvalue weighted by Crippen LogP contribution is 2.31. The van der Waals surface area contributed by atoms with Crippen molar-refractivity contribution in [2.75, 3.05) is 0 Å². The van der Waals surface area contributed by atoms with Crippen LogP contribution >= 0.6 is 11.3 Å². The first-order valence-corrected chi connectivity index (χ1v) is 7.21. The number of rotatable bonds is 3. The number of nitrogens with zero attached hydrogens (tertiary/aromatic N) is 3. The van der Waals surface area contributed by atoms with Crippen LogP contribution in [0.5, 0.6) is 0 Å². The second kappa shape index (κ2) is 5.04. The van der Waals surface area contributed by atoms with E-state index in [0.717, 1.165) is 28.0 Å². The first-order valence-electron chi connectivity index (χ1n) is 6.39. The second-order valence-electron chi connectivity index (χ2n) is 4.51. The number of carboxylic acids is 1. The number of carboxylic acid groups (broad SMARTS) is 1. The van der Waals surface area contributed by atoms with Gasteiger partial charge in [-0.1, -0.05) is 6.92 Å². The van der Waals surface area contributed by atoms with Crippen LogP contribution in [0.1, 0.15) is 27.9 Å². The number of nitriles is 1. The number of aryl methyl sites for hydroxylation is 1. The predicted octanol–water partition coefficient (Wildman–Crippen LogP) is 3.22. The monoisotopic (exact) mass is 297 g/mol. The molecule has 0 aliphatic rings. The minimum absolute atomic E-state index is 0.305. The molecule has 104 valence electrons. The fraction of sp³-hybridized carbons (Fsp3) is 0.133. The maximum Gasteiger partial charge on any atom is 0.345 e. The normalized spacial score (nSPS) is 10.7. The van der Waals surface area contributed by atoms with Crippen LogP contribution in [0.25, 0.3) is 15.9 Å². The van der Waals surface area contributed by atoms with Crippen molar-refractivity contribution in [1.29, 1.82) is 5.26 Å². The van der Waals surface area contributed by atoms with Crippen molar-refractivity contribution >= 4 is 27.5 Å². The van der Waals surface area contributed by atoms with Crippen LogP contribution in [-0.2, 0) is 6.42 Å². The molecule has 3 rings (SSSR count). The lowest BCUT2D eigenvalue weighted by molar-refractivity contribution is 0.0702. The van der Waals surface area contributed by atoms with Crippen molar-refractivity contribution in [3.05, 3.63) is 46.5 Å². The molecule has 0 fully saturated rings. The molecular formula is C15H11N3O2S. The van der Waals surface area contributed by atoms with Gasteiger partial charge in [0.25, 0.3) is 0 Å². The molecule has 0 radical (unpaired) electrons. The molecule has 0 aliphatic heterocycles. The Morgan fingerprint density at radius 1 is 1.43 bits per heavy atom. The first-order chi connectivity index (χ1) is 10.1. The van der Waals surface area contributed by atoms with Gasteiger partial charge in [0.2, 0.25) is 0 Å². The minimum atomic E-state index is -0.926. The van der Waals surface area contributed by atoms with Crippen molar-refractivity contribution in [2.45, 2.75) is 13.3 Å². The van der Waals surface area contributed by atoms with Crippen molar-refractivity contribution in [2.24, 2.45) is 0 Å². The van der Waals surface area contributed by atoms with Gasteiger partial charge < -0.3 is 5.11 Å². The fourth-order valence-electron chi connectivity index (χ4n) is 2.18. The van der Waals surface area contributed by atoms with Crippen LogP contribution in [-0.4, -0.2) is 20.9 Å². The topological polar surface area (TPSA) is 78.9 Å². The molecular weight excluding hydrogens is 286 g/mol. The van der Waals surface area contributed by atoms with Crippen molar-refractivity contribution in [3.63, 3.8) is 0 Å². The van der Waals surface area contributed by atoms with Gasteiger partial charge in [0.05, 0.1) is 23.0 Å². The summed E-state index contributed by atoms with van der Waals surface area (Å²) in [7, 11) is 0. The van der Waals surface area contributed by atoms with E-state index < -0.39 is 5.97 Å². The standard InChI is InChI=1S/C15H11N3O2S/c1-2-12-11-7-13(15(19)20)21-14(11)18(17-12)10-5-3-9(8-16)4-6-10/h3-7H,2H2,1H3,(H,19,20). The van der Waals surface area contributed by atoms with Crippen molar-refractivity contribution < 1.29 is 9.90 Å². The third kappa shape index (κ3) is 2.18. The fourth-order valence-corrected chi connectivity index (χ4v) is 3.18. The molecule has 0 amide bonds. The molecule has 0 saturated carbocycles. The van der Waals surface area contributed by atoms with Crippen LogP contribution in [0.15, 0.2) is 30.3 Å². The highest BCUT2D eigenvalue weighted by Gasteiger charge is 2.17. The van der Waals surface area contributed by atoms with Crippen molar-refractivity contribution in [1.82, 2.24) is 9.78 Å². The van der Waals surface area contributed by atoms with E-state index in [1.165, 1.54) is 11.3 Å². The van der Waals surface area contributed by atoms with E-state index >= 15 is 0 Å². The lowest BCUT2D eigenvalue weighted by Gasteiger charge is -2.01. The summed E-state index contributed by atoms with van der Waals surface area (Å²) in [5, 5.41) is 23.4. The van der Waals surface area contributed by atoms with Crippen LogP contribution in [0.3, 0.4) is 0 Å². The Kier molecular flexibility index (Phi) is 3.20. The van der Waals surface area contributed by atoms with Gasteiger partial charge in [0.15, 0.2) is 0 Å². The Balaban J connectivity index is 2.21. The minimum Gasteiger partial charge on any atom is -0.477 e. The van der Waals surface area contributed by atoms with Gasteiger partial charge in [-0.3, -0.25) is 0 Å². The molecule has 0 aliphatic carbocycles. The molecule has 3 aromatic rings. The van der Waals surface area contributed by atoms with Gasteiger partial charge in [0.1, 0.15) is 9.71 Å². The Morgan fingerprint density at radius 3 is 2.71 bits per heavy atom. The van der Waals surface area contributed by atoms with Crippen LogP contribution in [0.2, 0.25) is 0 Å². The summed E-state index contributed by atoms with van der Waals surface area (Å²) in [6, 6.07) is 10.8. The summed E-state index contributed by atoms with van der Waals surface area (Å²) in [4.78, 5) is 12.3. The molecule has 6 heteroatoms. The molecule has 1 N–H and O–H groups in total. The Hall–Kier alpha value is -2.65. The van der Waals surface area contributed by atoms with Crippen LogP contribution in [0.4, 0.5) is 0 Å². The molecule has 0 bridgehead atoms. The SMILES string of the molecule is CCc1nn(-c2ccc(C#N)cc2)c2sc(C(=O)O)cc12. The highest BCUT2D eigenvalue weighted by molar-refractivity contribution is 7.20. The van der Waals surface area contributed by atoms with Gasteiger partial charge in [0, 0.05) is 5.39 Å². The van der Waals surface area contributed by atoms with E-state index in [4.69, 9.17) is 10.4 Å². The predicted molar refractivity (Wildman–Crippen MR) is 80.0 cm³/mol. The zero-order valence-electron chi connectivity index (χ0n) is 11.2. The number of hydrogen-bond acceptors (Lipinski definition) is 4. The van der Waals surface area contributed by atoms with Gasteiger partial charge in [-0.15, -0.1) is 11.3 Å². The van der Waals surface area contributed by atoms with Crippen molar-refractivity contribution in [3.8, 4) is 11.8 Å². The molecule has 2 heterocycles. The maximum absolute atomic E-state index is 11.1. The number of benzene rings is 1. The number of aromatic nitrogens is 2. The number of carbonyl (C=O) groups is 1. The quantitative estimate of drug-likeness (QED) is 0.805. The summed E-state index contributed by atoms with van der Waals surface area (Å²) in [6.45, 7) is 1.99. The zero-order valence-corrected chi connectivity index (χ0v) is 12.0. The molecule has 0 unspecified atom stereocenters. The van der Waals surface area contributed by atoms with E-state index in [-0.39, 0.29) is 0 Å². The summed E-state index contributed by atoms with van der Waals surface area (Å²) in [5.41, 5.74) is 2.27. The van der Waals surface area contributed by atoms with E-state index in [9.17, 15) is 4.79 Å². The largest absolute Gasteiger partial charge is 0.477 e. The second-order valence-corrected chi connectivity index (χ2v) is 5.54. The number of fused-ring (bicyclic) bond motifs is 1. The van der Waals surface area contributed by atoms with Gasteiger partial charge in [-0.2, -0.15) is 10.4 Å². The molecule has 1 aromatic carbocycles. The average Bonchev–Trinajstić information content (AvgIpc) is 3.06. The van der Waals surface area contributed by atoms with E-state index in [1.807, 2.05) is 19.1 Å². The van der Waals surface area contributed by atoms with Crippen LogP contribution in [0, 0.1) is 11.3 Å². The molecule has 0 spiro atoms. The average molecular weight is 297 g/mol. The molecule has 5 nitrogen and oxygen atoms in total. The summed E-state index contributed by atoms with van der Waals surface area (Å²) >= 11 is 1.21.